The van der Waals surface area contributed by atoms with Gasteiger partial charge in [0, 0.05) is 60.8 Å². The van der Waals surface area contributed by atoms with Crippen molar-refractivity contribution >= 4 is 28.4 Å². The molecule has 2 N–H and O–H groups in total. The fraction of sp³-hybridized carbons (Fsp3) is 0.304. The maximum absolute atomic E-state index is 11.2. The Bertz CT molecular complexity index is 1100. The average molecular weight is 404 g/mol. The molecule has 7 nitrogen and oxygen atoms in total. The highest BCUT2D eigenvalue weighted by molar-refractivity contribution is 5.93. The van der Waals surface area contributed by atoms with Crippen molar-refractivity contribution in [3.05, 3.63) is 54.4 Å². The molecule has 2 aromatic heterocycles. The van der Waals surface area contributed by atoms with Crippen LogP contribution in [0.1, 0.15) is 12.0 Å². The van der Waals surface area contributed by atoms with Gasteiger partial charge in [-0.25, -0.2) is 9.78 Å². The molecule has 30 heavy (non-hydrogen) atoms. The van der Waals surface area contributed by atoms with Gasteiger partial charge in [-0.3, -0.25) is 0 Å². The van der Waals surface area contributed by atoms with Crippen LogP contribution in [0.5, 0.6) is 0 Å². The number of amides is 1. The smallest absolute Gasteiger partial charge is 0.407 e. The first-order chi connectivity index (χ1) is 14.7. The molecule has 4 heterocycles. The summed E-state index contributed by atoms with van der Waals surface area (Å²) in [7, 11) is 0. The molecule has 1 amide bonds. The van der Waals surface area contributed by atoms with Crippen molar-refractivity contribution in [1.82, 2.24) is 14.9 Å². The van der Waals surface area contributed by atoms with Crippen LogP contribution in [-0.2, 0) is 4.74 Å². The molecule has 5 rings (SSSR count). The molecule has 0 radical (unpaired) electrons. The van der Waals surface area contributed by atoms with Crippen molar-refractivity contribution < 1.29 is 14.6 Å². The zero-order valence-electron chi connectivity index (χ0n) is 16.7. The first kappa shape index (κ1) is 18.7. The number of morpholine rings is 1. The van der Waals surface area contributed by atoms with Crippen LogP contribution in [0.4, 0.5) is 10.5 Å². The van der Waals surface area contributed by atoms with Crippen molar-refractivity contribution in [3.63, 3.8) is 0 Å². The van der Waals surface area contributed by atoms with Crippen LogP contribution < -0.4 is 4.90 Å². The van der Waals surface area contributed by atoms with Gasteiger partial charge in [0.05, 0.1) is 13.2 Å². The van der Waals surface area contributed by atoms with E-state index in [1.165, 1.54) is 16.2 Å². The van der Waals surface area contributed by atoms with Crippen molar-refractivity contribution in [2.24, 2.45) is 0 Å². The summed E-state index contributed by atoms with van der Waals surface area (Å²) in [5, 5.41) is 10.2. The van der Waals surface area contributed by atoms with E-state index in [0.29, 0.717) is 19.5 Å². The number of ether oxygens (including phenoxy) is 1. The number of fused-ring (bicyclic) bond motifs is 1. The summed E-state index contributed by atoms with van der Waals surface area (Å²) in [5.74, 6) is 0. The number of rotatable bonds is 3. The third-order valence-corrected chi connectivity index (χ3v) is 5.93. The van der Waals surface area contributed by atoms with Gasteiger partial charge in [-0.2, -0.15) is 0 Å². The highest BCUT2D eigenvalue weighted by Gasteiger charge is 2.19. The van der Waals surface area contributed by atoms with Crippen LogP contribution >= 0.6 is 0 Å². The van der Waals surface area contributed by atoms with Crippen molar-refractivity contribution in [2.45, 2.75) is 6.42 Å². The monoisotopic (exact) mass is 404 g/mol. The second-order valence-corrected chi connectivity index (χ2v) is 7.68. The maximum atomic E-state index is 11.2. The van der Waals surface area contributed by atoms with Gasteiger partial charge in [-0.15, -0.1) is 0 Å². The summed E-state index contributed by atoms with van der Waals surface area (Å²) in [6, 6.07) is 10.8. The molecule has 2 aliphatic rings. The van der Waals surface area contributed by atoms with E-state index >= 15 is 0 Å². The summed E-state index contributed by atoms with van der Waals surface area (Å²) >= 11 is 0. The molecule has 0 atom stereocenters. The van der Waals surface area contributed by atoms with E-state index in [1.807, 2.05) is 18.5 Å². The quantitative estimate of drug-likeness (QED) is 0.693. The van der Waals surface area contributed by atoms with Gasteiger partial charge in [0.25, 0.3) is 0 Å². The van der Waals surface area contributed by atoms with E-state index in [0.717, 1.165) is 54.0 Å². The number of aromatic nitrogens is 2. The molecule has 0 saturated carbocycles. The maximum Gasteiger partial charge on any atom is 0.407 e. The largest absolute Gasteiger partial charge is 0.465 e. The Morgan fingerprint density at radius 2 is 1.90 bits per heavy atom. The van der Waals surface area contributed by atoms with Gasteiger partial charge in [-0.1, -0.05) is 18.2 Å². The Morgan fingerprint density at radius 1 is 1.10 bits per heavy atom. The molecule has 2 aliphatic heterocycles. The van der Waals surface area contributed by atoms with Crippen LogP contribution in [-0.4, -0.2) is 65.5 Å². The molecule has 1 aromatic carbocycles. The molecule has 1 saturated heterocycles. The van der Waals surface area contributed by atoms with E-state index in [2.05, 4.69) is 45.2 Å². The zero-order valence-corrected chi connectivity index (χ0v) is 16.7. The number of carboxylic acid groups (broad SMARTS) is 1. The van der Waals surface area contributed by atoms with Crippen LogP contribution in [0.25, 0.3) is 27.7 Å². The SMILES string of the molecule is O=C(O)N1CC=C(c2c[nH]c3ncc(-c4ccc(N5CCOCC5)cc4)cc23)CC1. The molecule has 7 heteroatoms. The fourth-order valence-corrected chi connectivity index (χ4v) is 4.20. The molecule has 0 aliphatic carbocycles. The summed E-state index contributed by atoms with van der Waals surface area (Å²) in [4.78, 5) is 22.8. The first-order valence-corrected chi connectivity index (χ1v) is 10.3. The fourth-order valence-electron chi connectivity index (χ4n) is 4.20. The first-order valence-electron chi connectivity index (χ1n) is 10.3. The molecule has 0 unspecified atom stereocenters. The second-order valence-electron chi connectivity index (χ2n) is 7.68. The number of anilines is 1. The van der Waals surface area contributed by atoms with Gasteiger partial charge < -0.3 is 24.6 Å². The van der Waals surface area contributed by atoms with Crippen LogP contribution in [0, 0.1) is 0 Å². The highest BCUT2D eigenvalue weighted by atomic mass is 16.5. The van der Waals surface area contributed by atoms with Gasteiger partial charge in [-0.05, 0) is 35.8 Å². The number of aromatic amines is 1. The van der Waals surface area contributed by atoms with E-state index in [4.69, 9.17) is 9.84 Å². The lowest BCUT2D eigenvalue weighted by Crippen LogP contribution is -2.36. The number of benzene rings is 1. The molecule has 1 fully saturated rings. The van der Waals surface area contributed by atoms with E-state index in [1.54, 1.807) is 0 Å². The normalized spacial score (nSPS) is 17.3. The van der Waals surface area contributed by atoms with Gasteiger partial charge >= 0.3 is 6.09 Å². The molecule has 154 valence electrons. The summed E-state index contributed by atoms with van der Waals surface area (Å²) < 4.78 is 5.44. The second kappa shape index (κ2) is 7.84. The molecule has 0 spiro atoms. The van der Waals surface area contributed by atoms with Crippen molar-refractivity contribution in [3.8, 4) is 11.1 Å². The average Bonchev–Trinajstić information content (AvgIpc) is 3.23. The lowest BCUT2D eigenvalue weighted by Gasteiger charge is -2.28. The number of H-pyrrole nitrogens is 1. The number of hydrogen-bond acceptors (Lipinski definition) is 4. The number of carbonyl (C=O) groups is 1. The number of pyridine rings is 1. The van der Waals surface area contributed by atoms with Crippen LogP contribution in [0.3, 0.4) is 0 Å². The summed E-state index contributed by atoms with van der Waals surface area (Å²) in [5.41, 5.74) is 6.53. The number of nitrogens with one attached hydrogen (secondary N) is 1. The van der Waals surface area contributed by atoms with Gasteiger partial charge in [0.1, 0.15) is 5.65 Å². The van der Waals surface area contributed by atoms with Crippen molar-refractivity contribution in [1.29, 1.82) is 0 Å². The summed E-state index contributed by atoms with van der Waals surface area (Å²) in [6.07, 6.45) is 5.72. The molecular weight excluding hydrogens is 380 g/mol. The molecular formula is C23H24N4O3. The Hall–Kier alpha value is -3.32. The third-order valence-electron chi connectivity index (χ3n) is 5.93. The minimum absolute atomic E-state index is 0.424. The van der Waals surface area contributed by atoms with Crippen LogP contribution in [0.15, 0.2) is 48.8 Å². The van der Waals surface area contributed by atoms with Crippen molar-refractivity contribution in [2.75, 3.05) is 44.3 Å². The Kier molecular flexibility index (Phi) is 4.88. The van der Waals surface area contributed by atoms with Gasteiger partial charge in [0.15, 0.2) is 0 Å². The Labute approximate surface area is 174 Å². The van der Waals surface area contributed by atoms with E-state index in [-0.39, 0.29) is 0 Å². The topological polar surface area (TPSA) is 81.7 Å². The number of nitrogens with zero attached hydrogens (tertiary/aromatic N) is 3. The number of hydrogen-bond donors (Lipinski definition) is 2. The standard InChI is InChI=1S/C23H24N4O3/c28-23(29)27-7-5-17(6-8-27)21-15-25-22-20(21)13-18(14-24-22)16-1-3-19(4-2-16)26-9-11-30-12-10-26/h1-5,13-15H,6-12H2,(H,24,25)(H,28,29). The zero-order chi connectivity index (χ0) is 20.5. The van der Waals surface area contributed by atoms with E-state index in [9.17, 15) is 4.79 Å². The predicted octanol–water partition coefficient (Wildman–Crippen LogP) is 3.83. The highest BCUT2D eigenvalue weighted by Crippen LogP contribution is 2.32. The predicted molar refractivity (Wildman–Crippen MR) is 117 cm³/mol. The summed E-state index contributed by atoms with van der Waals surface area (Å²) in [6.45, 7) is 4.34. The molecule has 0 bridgehead atoms. The Balaban J connectivity index is 1.42. The Morgan fingerprint density at radius 3 is 2.60 bits per heavy atom. The third kappa shape index (κ3) is 3.52. The van der Waals surface area contributed by atoms with Gasteiger partial charge in [0.2, 0.25) is 0 Å². The minimum Gasteiger partial charge on any atom is -0.465 e. The van der Waals surface area contributed by atoms with E-state index < -0.39 is 6.09 Å². The minimum atomic E-state index is -0.867. The molecule has 3 aromatic rings. The lowest BCUT2D eigenvalue weighted by molar-refractivity contribution is 0.122. The van der Waals surface area contributed by atoms with Crippen LogP contribution in [0.2, 0.25) is 0 Å². The lowest BCUT2D eigenvalue weighted by atomic mass is 9.98.